The van der Waals surface area contributed by atoms with E-state index in [4.69, 9.17) is 11.6 Å². The third-order valence-electron chi connectivity index (χ3n) is 4.63. The molecule has 0 spiro atoms. The van der Waals surface area contributed by atoms with Crippen molar-refractivity contribution >= 4 is 41.5 Å². The molecule has 1 fully saturated rings. The Hall–Kier alpha value is -1.39. The summed E-state index contributed by atoms with van der Waals surface area (Å²) in [5, 5.41) is 21.2. The average molecular weight is 505 g/mol. The summed E-state index contributed by atoms with van der Waals surface area (Å²) in [6.45, 7) is 4.87. The monoisotopic (exact) mass is 504 g/mol. The summed E-state index contributed by atoms with van der Waals surface area (Å²) in [5.74, 6) is 2.20. The molecule has 1 aromatic heterocycles. The van der Waals surface area contributed by atoms with Gasteiger partial charge in [0, 0.05) is 36.1 Å². The summed E-state index contributed by atoms with van der Waals surface area (Å²) in [6.07, 6.45) is 2.83. The number of rotatable bonds is 5. The third kappa shape index (κ3) is 5.79. The van der Waals surface area contributed by atoms with Crippen LogP contribution in [0.4, 0.5) is 0 Å². The number of halogens is 2. The number of guanidine groups is 1. The lowest BCUT2D eigenvalue weighted by Gasteiger charge is -2.33. The zero-order valence-corrected chi connectivity index (χ0v) is 18.4. The second-order valence-electron chi connectivity index (χ2n) is 6.36. The number of aliphatic hydroxyl groups excluding tert-OH is 1. The van der Waals surface area contributed by atoms with Crippen LogP contribution >= 0.6 is 35.6 Å². The molecule has 7 nitrogen and oxygen atoms in total. The average Bonchev–Trinajstić information content (AvgIpc) is 3.20. The molecule has 1 aromatic carbocycles. The van der Waals surface area contributed by atoms with Gasteiger partial charge in [-0.2, -0.15) is 5.10 Å². The first-order valence-corrected chi connectivity index (χ1v) is 9.37. The molecule has 2 heterocycles. The number of aliphatic imine (C=N–C) groups is 1. The van der Waals surface area contributed by atoms with Crippen LogP contribution in [0, 0.1) is 0 Å². The summed E-state index contributed by atoms with van der Waals surface area (Å²) in [4.78, 5) is 11.1. The Morgan fingerprint density at radius 2 is 2.15 bits per heavy atom. The van der Waals surface area contributed by atoms with Crippen LogP contribution in [0.2, 0.25) is 5.02 Å². The Labute approximate surface area is 181 Å². The Morgan fingerprint density at radius 3 is 2.78 bits per heavy atom. The minimum atomic E-state index is -0.718. The van der Waals surface area contributed by atoms with Crippen LogP contribution in [-0.2, 0) is 0 Å². The molecule has 0 amide bonds. The highest BCUT2D eigenvalue weighted by Crippen LogP contribution is 2.25. The van der Waals surface area contributed by atoms with Crippen LogP contribution in [0.1, 0.15) is 43.2 Å². The molecular weight excluding hydrogens is 479 g/mol. The zero-order valence-electron chi connectivity index (χ0n) is 15.3. The third-order valence-corrected chi connectivity index (χ3v) is 4.97. The van der Waals surface area contributed by atoms with Crippen molar-refractivity contribution in [3.05, 3.63) is 47.0 Å². The van der Waals surface area contributed by atoms with Crippen molar-refractivity contribution < 1.29 is 5.11 Å². The topological polar surface area (TPSA) is 89.4 Å². The van der Waals surface area contributed by atoms with Crippen molar-refractivity contribution in [2.75, 3.05) is 26.2 Å². The number of H-pyrrole nitrogens is 1. The van der Waals surface area contributed by atoms with Gasteiger partial charge < -0.3 is 15.3 Å². The number of likely N-dealkylation sites (tertiary alicyclic amines) is 1. The SMILES string of the molecule is CCNC(=NCC(O)c1ccccc1Cl)N1CCC(c2ncn[nH]2)CC1.I. The lowest BCUT2D eigenvalue weighted by atomic mass is 9.96. The van der Waals surface area contributed by atoms with Crippen molar-refractivity contribution in [1.82, 2.24) is 25.4 Å². The smallest absolute Gasteiger partial charge is 0.194 e. The fourth-order valence-corrected chi connectivity index (χ4v) is 3.48. The van der Waals surface area contributed by atoms with Crippen molar-refractivity contribution in [3.63, 3.8) is 0 Å². The van der Waals surface area contributed by atoms with Crippen molar-refractivity contribution in [3.8, 4) is 0 Å². The van der Waals surface area contributed by atoms with Crippen LogP contribution in [0.3, 0.4) is 0 Å². The summed E-state index contributed by atoms with van der Waals surface area (Å²) >= 11 is 6.16. The summed E-state index contributed by atoms with van der Waals surface area (Å²) in [6, 6.07) is 7.33. The van der Waals surface area contributed by atoms with Crippen LogP contribution in [0.15, 0.2) is 35.6 Å². The number of nitrogens with one attached hydrogen (secondary N) is 2. The quantitative estimate of drug-likeness (QED) is 0.331. The Balaban J connectivity index is 0.00000261. The number of aromatic amines is 1. The van der Waals surface area contributed by atoms with E-state index in [1.807, 2.05) is 25.1 Å². The lowest BCUT2D eigenvalue weighted by Crippen LogP contribution is -2.45. The maximum absolute atomic E-state index is 10.4. The highest BCUT2D eigenvalue weighted by molar-refractivity contribution is 14.0. The second kappa shape index (κ2) is 10.8. The van der Waals surface area contributed by atoms with Crippen molar-refractivity contribution in [2.45, 2.75) is 31.8 Å². The van der Waals surface area contributed by atoms with E-state index in [2.05, 4.69) is 30.4 Å². The van der Waals surface area contributed by atoms with Crippen molar-refractivity contribution in [1.29, 1.82) is 0 Å². The predicted octanol–water partition coefficient (Wildman–Crippen LogP) is 2.95. The Bertz CT molecular complexity index is 718. The van der Waals surface area contributed by atoms with E-state index in [0.29, 0.717) is 16.5 Å². The van der Waals surface area contributed by atoms with Gasteiger partial charge in [0.05, 0.1) is 6.54 Å². The molecule has 0 bridgehead atoms. The van der Waals surface area contributed by atoms with Gasteiger partial charge in [-0.15, -0.1) is 24.0 Å². The van der Waals surface area contributed by atoms with E-state index in [1.54, 1.807) is 12.4 Å². The normalized spacial score (nSPS) is 16.7. The van der Waals surface area contributed by atoms with Gasteiger partial charge in [0.1, 0.15) is 18.3 Å². The molecule has 1 aliphatic rings. The van der Waals surface area contributed by atoms with Gasteiger partial charge in [0.25, 0.3) is 0 Å². The molecule has 1 atom stereocenters. The standard InChI is InChI=1S/C18H25ClN6O.HI/c1-2-20-18(21-11-16(26)14-5-3-4-6-15(14)19)25-9-7-13(8-10-25)17-22-12-23-24-17;/h3-6,12-13,16,26H,2,7-11H2,1H3,(H,20,21)(H,22,23,24);1H. The van der Waals surface area contributed by atoms with Gasteiger partial charge in [0.15, 0.2) is 5.96 Å². The number of aliphatic hydroxyl groups is 1. The maximum atomic E-state index is 10.4. The first-order valence-electron chi connectivity index (χ1n) is 9.00. The Morgan fingerprint density at radius 1 is 1.41 bits per heavy atom. The molecular formula is C18H26ClIN6O. The van der Waals surface area contributed by atoms with Crippen molar-refractivity contribution in [2.24, 2.45) is 4.99 Å². The molecule has 148 valence electrons. The largest absolute Gasteiger partial charge is 0.386 e. The molecule has 0 aliphatic carbocycles. The summed E-state index contributed by atoms with van der Waals surface area (Å²) in [5.41, 5.74) is 0.706. The van der Waals surface area contributed by atoms with Gasteiger partial charge >= 0.3 is 0 Å². The number of hydrogen-bond donors (Lipinski definition) is 3. The van der Waals surface area contributed by atoms with Gasteiger partial charge in [-0.05, 0) is 25.8 Å². The minimum absolute atomic E-state index is 0. The number of aromatic nitrogens is 3. The van der Waals surface area contributed by atoms with E-state index in [1.165, 1.54) is 0 Å². The van der Waals surface area contributed by atoms with E-state index in [-0.39, 0.29) is 30.5 Å². The molecule has 3 N–H and O–H groups in total. The van der Waals surface area contributed by atoms with Gasteiger partial charge in [-0.25, -0.2) is 4.98 Å². The van der Waals surface area contributed by atoms with Crippen LogP contribution in [0.25, 0.3) is 0 Å². The lowest BCUT2D eigenvalue weighted by molar-refractivity contribution is 0.186. The summed E-state index contributed by atoms with van der Waals surface area (Å²) < 4.78 is 0. The molecule has 1 unspecified atom stereocenters. The molecule has 2 aromatic rings. The first-order chi connectivity index (χ1) is 12.7. The summed E-state index contributed by atoms with van der Waals surface area (Å²) in [7, 11) is 0. The highest BCUT2D eigenvalue weighted by Gasteiger charge is 2.24. The number of nitrogens with zero attached hydrogens (tertiary/aromatic N) is 4. The van der Waals surface area contributed by atoms with E-state index in [9.17, 15) is 5.11 Å². The number of benzene rings is 1. The fraction of sp³-hybridized carbons (Fsp3) is 0.500. The first kappa shape index (κ1) is 21.9. The predicted molar refractivity (Wildman–Crippen MR) is 118 cm³/mol. The van der Waals surface area contributed by atoms with Gasteiger partial charge in [-0.3, -0.25) is 10.1 Å². The second-order valence-corrected chi connectivity index (χ2v) is 6.77. The number of hydrogen-bond acceptors (Lipinski definition) is 4. The minimum Gasteiger partial charge on any atom is -0.386 e. The van der Waals surface area contributed by atoms with Gasteiger partial charge in [-0.1, -0.05) is 29.8 Å². The zero-order chi connectivity index (χ0) is 18.4. The molecule has 27 heavy (non-hydrogen) atoms. The number of piperidine rings is 1. The molecule has 1 aliphatic heterocycles. The Kier molecular flexibility index (Phi) is 8.78. The van der Waals surface area contributed by atoms with Crippen LogP contribution < -0.4 is 5.32 Å². The van der Waals surface area contributed by atoms with Crippen LogP contribution in [-0.4, -0.2) is 57.3 Å². The van der Waals surface area contributed by atoms with E-state index >= 15 is 0 Å². The molecule has 0 saturated carbocycles. The molecule has 0 radical (unpaired) electrons. The molecule has 9 heteroatoms. The van der Waals surface area contributed by atoms with E-state index in [0.717, 1.165) is 44.3 Å². The molecule has 1 saturated heterocycles. The highest BCUT2D eigenvalue weighted by atomic mass is 127. The molecule has 3 rings (SSSR count). The van der Waals surface area contributed by atoms with E-state index < -0.39 is 6.10 Å². The van der Waals surface area contributed by atoms with Crippen LogP contribution in [0.5, 0.6) is 0 Å². The fourth-order valence-electron chi connectivity index (χ4n) is 3.22. The maximum Gasteiger partial charge on any atom is 0.194 e. The van der Waals surface area contributed by atoms with Gasteiger partial charge in [0.2, 0.25) is 0 Å².